The molecular weight excluding hydrogens is 424 g/mol. The van der Waals surface area contributed by atoms with Crippen molar-refractivity contribution in [3.63, 3.8) is 0 Å². The normalized spacial score (nSPS) is 17.3. The average Bonchev–Trinajstić information content (AvgIpc) is 3.34. The Kier molecular flexibility index (Phi) is 7.01. The van der Waals surface area contributed by atoms with E-state index in [0.717, 1.165) is 38.0 Å². The van der Waals surface area contributed by atoms with E-state index in [1.54, 1.807) is 23.4 Å². The van der Waals surface area contributed by atoms with E-state index in [2.05, 4.69) is 15.5 Å². The molecule has 4 rings (SSSR count). The van der Waals surface area contributed by atoms with Gasteiger partial charge in [0.05, 0.1) is 11.4 Å². The van der Waals surface area contributed by atoms with Crippen molar-refractivity contribution in [1.82, 2.24) is 4.31 Å². The number of carbonyl (C=O) groups excluding carboxylic acids is 1. The van der Waals surface area contributed by atoms with Gasteiger partial charge in [0.25, 0.3) is 0 Å². The van der Waals surface area contributed by atoms with E-state index < -0.39 is 10.0 Å². The third kappa shape index (κ3) is 5.24. The van der Waals surface area contributed by atoms with Crippen molar-refractivity contribution in [2.45, 2.75) is 43.9 Å². The van der Waals surface area contributed by atoms with Crippen LogP contribution in [0.1, 0.15) is 37.7 Å². The number of nitrogens with one attached hydrogen (secondary N) is 2. The molecule has 7 nitrogen and oxygen atoms in total. The predicted octanol–water partition coefficient (Wildman–Crippen LogP) is 3.82. The standard InChI is InChI=1S/C24H32N4O3S/c1-19-7-8-21(17-23(19)32(30,31)28-15-3-2-4-16-28)25-18-24(29)26-20-9-11-22(12-10-20)27-13-5-6-14-27/h7-12,17,25H,2-6,13-16,18H2,1H3,(H,26,29). The minimum absolute atomic E-state index is 0.0557. The number of benzene rings is 2. The van der Waals surface area contributed by atoms with Gasteiger partial charge in [0.1, 0.15) is 0 Å². The zero-order valence-electron chi connectivity index (χ0n) is 18.6. The monoisotopic (exact) mass is 456 g/mol. The molecule has 8 heteroatoms. The number of rotatable bonds is 7. The first-order valence-electron chi connectivity index (χ1n) is 11.4. The van der Waals surface area contributed by atoms with E-state index in [0.29, 0.717) is 29.2 Å². The summed E-state index contributed by atoms with van der Waals surface area (Å²) in [6.07, 6.45) is 5.32. The lowest BCUT2D eigenvalue weighted by atomic mass is 10.2. The number of carbonyl (C=O) groups is 1. The van der Waals surface area contributed by atoms with E-state index >= 15 is 0 Å². The molecule has 0 unspecified atom stereocenters. The van der Waals surface area contributed by atoms with E-state index in [-0.39, 0.29) is 12.5 Å². The average molecular weight is 457 g/mol. The molecule has 2 heterocycles. The fourth-order valence-corrected chi connectivity index (χ4v) is 6.12. The first-order chi connectivity index (χ1) is 15.4. The van der Waals surface area contributed by atoms with Crippen LogP contribution in [-0.4, -0.2) is 51.4 Å². The summed E-state index contributed by atoms with van der Waals surface area (Å²) in [6.45, 7) is 5.17. The Morgan fingerprint density at radius 3 is 2.19 bits per heavy atom. The summed E-state index contributed by atoms with van der Waals surface area (Å²) in [5.41, 5.74) is 3.26. The van der Waals surface area contributed by atoms with Gasteiger partial charge in [-0.05, 0) is 74.6 Å². The van der Waals surface area contributed by atoms with Gasteiger partial charge in [-0.25, -0.2) is 8.42 Å². The van der Waals surface area contributed by atoms with Crippen LogP contribution in [0.15, 0.2) is 47.4 Å². The summed E-state index contributed by atoms with van der Waals surface area (Å²) >= 11 is 0. The molecule has 2 aromatic carbocycles. The van der Waals surface area contributed by atoms with Crippen molar-refractivity contribution >= 4 is 33.0 Å². The van der Waals surface area contributed by atoms with Gasteiger partial charge in [-0.3, -0.25) is 4.79 Å². The van der Waals surface area contributed by atoms with Crippen molar-refractivity contribution in [2.75, 3.05) is 48.3 Å². The molecule has 2 N–H and O–H groups in total. The van der Waals surface area contributed by atoms with Crippen LogP contribution in [0, 0.1) is 6.92 Å². The number of nitrogens with zero attached hydrogens (tertiary/aromatic N) is 2. The van der Waals surface area contributed by atoms with Gasteiger partial charge in [0.15, 0.2) is 0 Å². The van der Waals surface area contributed by atoms with Crippen LogP contribution in [0.3, 0.4) is 0 Å². The number of aryl methyl sites for hydroxylation is 1. The molecule has 1 amide bonds. The highest BCUT2D eigenvalue weighted by Gasteiger charge is 2.27. The van der Waals surface area contributed by atoms with Crippen LogP contribution in [0.2, 0.25) is 0 Å². The third-order valence-corrected chi connectivity index (χ3v) is 8.24. The van der Waals surface area contributed by atoms with Crippen LogP contribution in [0.4, 0.5) is 17.1 Å². The molecular formula is C24H32N4O3S. The maximum Gasteiger partial charge on any atom is 0.243 e. The number of piperidine rings is 1. The Balaban J connectivity index is 1.36. The van der Waals surface area contributed by atoms with Crippen molar-refractivity contribution < 1.29 is 13.2 Å². The molecule has 2 aliphatic rings. The number of hydrogen-bond acceptors (Lipinski definition) is 5. The number of hydrogen-bond donors (Lipinski definition) is 2. The van der Waals surface area contributed by atoms with E-state index in [1.165, 1.54) is 18.5 Å². The van der Waals surface area contributed by atoms with E-state index in [4.69, 9.17) is 0 Å². The summed E-state index contributed by atoms with van der Waals surface area (Å²) in [7, 11) is -3.52. The lowest BCUT2D eigenvalue weighted by Gasteiger charge is -2.26. The summed E-state index contributed by atoms with van der Waals surface area (Å²) < 4.78 is 27.7. The van der Waals surface area contributed by atoms with Gasteiger partial charge in [0, 0.05) is 43.2 Å². The highest BCUT2D eigenvalue weighted by Crippen LogP contribution is 2.26. The first kappa shape index (κ1) is 22.6. The lowest BCUT2D eigenvalue weighted by molar-refractivity contribution is -0.114. The second-order valence-corrected chi connectivity index (χ2v) is 10.5. The fraction of sp³-hybridized carbons (Fsp3) is 0.458. The molecule has 2 saturated heterocycles. The Bertz CT molecular complexity index is 1040. The molecule has 2 aliphatic heterocycles. The smallest absolute Gasteiger partial charge is 0.243 e. The van der Waals surface area contributed by atoms with E-state index in [9.17, 15) is 13.2 Å². The Morgan fingerprint density at radius 1 is 0.875 bits per heavy atom. The van der Waals surface area contributed by atoms with Crippen molar-refractivity contribution in [3.8, 4) is 0 Å². The van der Waals surface area contributed by atoms with Crippen LogP contribution >= 0.6 is 0 Å². The molecule has 0 spiro atoms. The zero-order valence-corrected chi connectivity index (χ0v) is 19.5. The molecule has 2 aromatic rings. The molecule has 172 valence electrons. The van der Waals surface area contributed by atoms with Crippen LogP contribution < -0.4 is 15.5 Å². The van der Waals surface area contributed by atoms with Gasteiger partial charge in [-0.15, -0.1) is 0 Å². The minimum atomic E-state index is -3.52. The second kappa shape index (κ2) is 9.92. The third-order valence-electron chi connectivity index (χ3n) is 6.20. The van der Waals surface area contributed by atoms with E-state index in [1.807, 2.05) is 30.3 Å². The quantitative estimate of drug-likeness (QED) is 0.662. The number of amides is 1. The summed E-state index contributed by atoms with van der Waals surface area (Å²) in [5, 5.41) is 5.95. The summed E-state index contributed by atoms with van der Waals surface area (Å²) in [6, 6.07) is 13.1. The first-order valence-corrected chi connectivity index (χ1v) is 12.9. The molecule has 0 aromatic heterocycles. The molecule has 0 atom stereocenters. The molecule has 0 saturated carbocycles. The molecule has 32 heavy (non-hydrogen) atoms. The molecule has 0 bridgehead atoms. The highest BCUT2D eigenvalue weighted by molar-refractivity contribution is 7.89. The molecule has 0 aliphatic carbocycles. The summed E-state index contributed by atoms with van der Waals surface area (Å²) in [4.78, 5) is 15.1. The van der Waals surface area contributed by atoms with Gasteiger partial charge in [0.2, 0.25) is 15.9 Å². The van der Waals surface area contributed by atoms with Crippen LogP contribution in [0.25, 0.3) is 0 Å². The van der Waals surface area contributed by atoms with Gasteiger partial charge < -0.3 is 15.5 Å². The highest BCUT2D eigenvalue weighted by atomic mass is 32.2. The Labute approximate surface area is 190 Å². The predicted molar refractivity (Wildman–Crippen MR) is 129 cm³/mol. The molecule has 0 radical (unpaired) electrons. The largest absolute Gasteiger partial charge is 0.376 e. The van der Waals surface area contributed by atoms with Crippen LogP contribution in [0.5, 0.6) is 0 Å². The number of sulfonamides is 1. The van der Waals surface area contributed by atoms with Gasteiger partial charge in [-0.1, -0.05) is 12.5 Å². The van der Waals surface area contributed by atoms with Crippen molar-refractivity contribution in [1.29, 1.82) is 0 Å². The maximum atomic E-state index is 13.1. The topological polar surface area (TPSA) is 81.8 Å². The minimum Gasteiger partial charge on any atom is -0.376 e. The fourth-order valence-electron chi connectivity index (χ4n) is 4.35. The van der Waals surface area contributed by atoms with Crippen LogP contribution in [-0.2, 0) is 14.8 Å². The van der Waals surface area contributed by atoms with Crippen molar-refractivity contribution in [2.24, 2.45) is 0 Å². The molecule has 2 fully saturated rings. The Hall–Kier alpha value is -2.58. The second-order valence-electron chi connectivity index (χ2n) is 8.59. The SMILES string of the molecule is Cc1ccc(NCC(=O)Nc2ccc(N3CCCC3)cc2)cc1S(=O)(=O)N1CCCCC1. The lowest BCUT2D eigenvalue weighted by Crippen LogP contribution is -2.36. The Morgan fingerprint density at radius 2 is 1.50 bits per heavy atom. The summed E-state index contributed by atoms with van der Waals surface area (Å²) in [5.74, 6) is -0.181. The van der Waals surface area contributed by atoms with Gasteiger partial charge in [-0.2, -0.15) is 4.31 Å². The zero-order chi connectivity index (χ0) is 22.6. The number of anilines is 3. The maximum absolute atomic E-state index is 13.1. The van der Waals surface area contributed by atoms with Gasteiger partial charge >= 0.3 is 0 Å². The van der Waals surface area contributed by atoms with Crippen molar-refractivity contribution in [3.05, 3.63) is 48.0 Å².